The maximum Gasteiger partial charge on any atom is 0.312 e. The van der Waals surface area contributed by atoms with Crippen LogP contribution in [0.4, 0.5) is 10.5 Å². The molecule has 224 valence electrons. The van der Waals surface area contributed by atoms with Crippen molar-refractivity contribution >= 4 is 35.4 Å². The molecule has 5 amide bonds. The van der Waals surface area contributed by atoms with Gasteiger partial charge in [-0.05, 0) is 36.5 Å². The molecule has 40 heavy (non-hydrogen) atoms. The second-order valence-electron chi connectivity index (χ2n) is 10.6. The SMILES string of the molecule is CC(C)C(=O)NCCN[C@@H](C(=O)N[C@H](CCCNC(N)=O)C(=O)Nc1ccc(COC(=O)C(C)C)cc1)C(C)C. The average Bonchev–Trinajstić information content (AvgIpc) is 2.88. The van der Waals surface area contributed by atoms with E-state index in [0.717, 1.165) is 5.56 Å². The Labute approximate surface area is 236 Å². The zero-order valence-electron chi connectivity index (χ0n) is 24.5. The van der Waals surface area contributed by atoms with Gasteiger partial charge in [-0.25, -0.2) is 4.79 Å². The first kappa shape index (κ1) is 34.4. The number of benzene rings is 1. The number of ether oxygens (including phenoxy) is 1. The molecule has 1 aromatic rings. The first-order valence-corrected chi connectivity index (χ1v) is 13.7. The third kappa shape index (κ3) is 13.4. The molecule has 7 N–H and O–H groups in total. The maximum absolute atomic E-state index is 13.2. The third-order valence-corrected chi connectivity index (χ3v) is 5.94. The van der Waals surface area contributed by atoms with Gasteiger partial charge in [-0.15, -0.1) is 0 Å². The molecule has 1 aromatic carbocycles. The van der Waals surface area contributed by atoms with Crippen LogP contribution in [0.2, 0.25) is 0 Å². The molecular weight excluding hydrogens is 516 g/mol. The Morgan fingerprint density at radius 2 is 1.45 bits per heavy atom. The van der Waals surface area contributed by atoms with E-state index in [4.69, 9.17) is 10.5 Å². The molecule has 12 heteroatoms. The third-order valence-electron chi connectivity index (χ3n) is 5.94. The van der Waals surface area contributed by atoms with Crippen LogP contribution < -0.4 is 32.3 Å². The van der Waals surface area contributed by atoms with Crippen molar-refractivity contribution < 1.29 is 28.7 Å². The fraction of sp³-hybridized carbons (Fsp3) is 0.607. The van der Waals surface area contributed by atoms with Gasteiger partial charge in [0, 0.05) is 31.2 Å². The summed E-state index contributed by atoms with van der Waals surface area (Å²) < 4.78 is 5.22. The number of amides is 5. The zero-order chi connectivity index (χ0) is 30.2. The molecule has 1 rings (SSSR count). The predicted octanol–water partition coefficient (Wildman–Crippen LogP) is 1.64. The minimum Gasteiger partial charge on any atom is -0.461 e. The number of hydrogen-bond acceptors (Lipinski definition) is 7. The number of nitrogens with two attached hydrogens (primary N) is 1. The lowest BCUT2D eigenvalue weighted by molar-refractivity contribution is -0.148. The topological polar surface area (TPSA) is 181 Å². The van der Waals surface area contributed by atoms with Crippen molar-refractivity contribution in [2.45, 2.75) is 73.1 Å². The standard InChI is InChI=1S/C28H46N6O6/c1-17(2)23(30-14-15-31-24(35)18(3)4)26(37)34-22(8-7-13-32-28(29)39)25(36)33-21-11-9-20(10-12-21)16-40-27(38)19(5)6/h9-12,17-19,22-23,30H,7-8,13-16H2,1-6H3,(H,31,35)(H,33,36)(H,34,37)(H3,29,32,39)/t22-,23-/m1/s1. The lowest BCUT2D eigenvalue weighted by Gasteiger charge is -2.25. The quantitative estimate of drug-likeness (QED) is 0.123. The molecule has 0 radical (unpaired) electrons. The molecule has 0 saturated heterocycles. The van der Waals surface area contributed by atoms with E-state index in [2.05, 4.69) is 26.6 Å². The van der Waals surface area contributed by atoms with E-state index >= 15 is 0 Å². The number of nitrogens with one attached hydrogen (secondary N) is 5. The van der Waals surface area contributed by atoms with Crippen LogP contribution in [0.1, 0.15) is 59.9 Å². The van der Waals surface area contributed by atoms with Crippen molar-refractivity contribution in [3.05, 3.63) is 29.8 Å². The molecule has 0 aliphatic carbocycles. The van der Waals surface area contributed by atoms with Gasteiger partial charge in [0.1, 0.15) is 12.6 Å². The minimum atomic E-state index is -0.877. The summed E-state index contributed by atoms with van der Waals surface area (Å²) in [6.45, 7) is 12.0. The Morgan fingerprint density at radius 1 is 0.800 bits per heavy atom. The van der Waals surface area contributed by atoms with Gasteiger partial charge in [-0.3, -0.25) is 19.2 Å². The van der Waals surface area contributed by atoms with Gasteiger partial charge >= 0.3 is 12.0 Å². The van der Waals surface area contributed by atoms with Gasteiger partial charge in [0.05, 0.1) is 12.0 Å². The van der Waals surface area contributed by atoms with Crippen molar-refractivity contribution in [2.75, 3.05) is 25.0 Å². The second-order valence-corrected chi connectivity index (χ2v) is 10.6. The van der Waals surface area contributed by atoms with Gasteiger partial charge in [0.15, 0.2) is 0 Å². The van der Waals surface area contributed by atoms with Crippen molar-refractivity contribution in [3.63, 3.8) is 0 Å². The summed E-state index contributed by atoms with van der Waals surface area (Å²) in [5.41, 5.74) is 6.40. The lowest BCUT2D eigenvalue weighted by atomic mass is 10.0. The summed E-state index contributed by atoms with van der Waals surface area (Å²) in [4.78, 5) is 60.8. The number of anilines is 1. The van der Waals surface area contributed by atoms with Crippen LogP contribution in [0, 0.1) is 17.8 Å². The normalized spacial score (nSPS) is 12.5. The van der Waals surface area contributed by atoms with Gasteiger partial charge in [0.2, 0.25) is 17.7 Å². The summed E-state index contributed by atoms with van der Waals surface area (Å²) >= 11 is 0. The van der Waals surface area contributed by atoms with E-state index in [0.29, 0.717) is 25.2 Å². The molecule has 0 spiro atoms. The molecule has 0 saturated carbocycles. The van der Waals surface area contributed by atoms with Crippen LogP contribution in [-0.4, -0.2) is 61.4 Å². The van der Waals surface area contributed by atoms with Crippen molar-refractivity contribution in [3.8, 4) is 0 Å². The molecule has 0 aliphatic heterocycles. The van der Waals surface area contributed by atoms with E-state index in [9.17, 15) is 24.0 Å². The molecule has 0 heterocycles. The Hall–Kier alpha value is -3.67. The summed E-state index contributed by atoms with van der Waals surface area (Å²) in [7, 11) is 0. The molecule has 0 aromatic heterocycles. The highest BCUT2D eigenvalue weighted by molar-refractivity contribution is 5.97. The van der Waals surface area contributed by atoms with Gasteiger partial charge in [-0.1, -0.05) is 53.7 Å². The van der Waals surface area contributed by atoms with E-state index < -0.39 is 24.0 Å². The smallest absolute Gasteiger partial charge is 0.312 e. The van der Waals surface area contributed by atoms with E-state index in [-0.39, 0.29) is 55.1 Å². The highest BCUT2D eigenvalue weighted by atomic mass is 16.5. The number of primary amides is 1. The highest BCUT2D eigenvalue weighted by Crippen LogP contribution is 2.13. The zero-order valence-corrected chi connectivity index (χ0v) is 24.5. The van der Waals surface area contributed by atoms with Crippen LogP contribution in [0.15, 0.2) is 24.3 Å². The van der Waals surface area contributed by atoms with Crippen LogP contribution in [0.25, 0.3) is 0 Å². The maximum atomic E-state index is 13.2. The van der Waals surface area contributed by atoms with Crippen LogP contribution >= 0.6 is 0 Å². The Bertz CT molecular complexity index is 980. The van der Waals surface area contributed by atoms with Gasteiger partial charge in [0.25, 0.3) is 0 Å². The van der Waals surface area contributed by atoms with Crippen LogP contribution in [0.3, 0.4) is 0 Å². The Balaban J connectivity index is 2.83. The first-order valence-electron chi connectivity index (χ1n) is 13.7. The average molecular weight is 563 g/mol. The molecule has 0 fully saturated rings. The second kappa shape index (κ2) is 17.8. The van der Waals surface area contributed by atoms with Crippen molar-refractivity contribution in [1.29, 1.82) is 0 Å². The largest absolute Gasteiger partial charge is 0.461 e. The predicted molar refractivity (Wildman–Crippen MR) is 153 cm³/mol. The summed E-state index contributed by atoms with van der Waals surface area (Å²) in [6, 6.07) is 4.72. The molecule has 0 bridgehead atoms. The Morgan fingerprint density at radius 3 is 2.00 bits per heavy atom. The van der Waals surface area contributed by atoms with E-state index in [1.54, 1.807) is 52.0 Å². The van der Waals surface area contributed by atoms with Crippen molar-refractivity contribution in [1.82, 2.24) is 21.3 Å². The van der Waals surface area contributed by atoms with E-state index in [1.165, 1.54) is 0 Å². The summed E-state index contributed by atoms with van der Waals surface area (Å²) in [6.07, 6.45) is 0.665. The highest BCUT2D eigenvalue weighted by Gasteiger charge is 2.27. The van der Waals surface area contributed by atoms with Crippen LogP contribution in [0.5, 0.6) is 0 Å². The molecule has 2 atom stereocenters. The lowest BCUT2D eigenvalue weighted by Crippen LogP contribution is -2.54. The van der Waals surface area contributed by atoms with Gasteiger partial charge in [-0.2, -0.15) is 0 Å². The van der Waals surface area contributed by atoms with Crippen molar-refractivity contribution in [2.24, 2.45) is 23.5 Å². The monoisotopic (exact) mass is 562 g/mol. The number of hydrogen-bond donors (Lipinski definition) is 6. The number of esters is 1. The molecule has 0 aliphatic rings. The number of carbonyl (C=O) groups is 5. The number of rotatable bonds is 17. The van der Waals surface area contributed by atoms with E-state index in [1.807, 2.05) is 13.8 Å². The summed E-state index contributed by atoms with van der Waals surface area (Å²) in [5.74, 6) is -1.58. The number of carbonyl (C=O) groups excluding carboxylic acids is 5. The Kier molecular flexibility index (Phi) is 15.3. The fourth-order valence-corrected chi connectivity index (χ4v) is 3.53. The summed E-state index contributed by atoms with van der Waals surface area (Å²) in [5, 5.41) is 14.1. The molecular formula is C28H46N6O6. The molecule has 0 unspecified atom stereocenters. The number of urea groups is 1. The fourth-order valence-electron chi connectivity index (χ4n) is 3.53. The first-order chi connectivity index (χ1) is 18.8. The molecule has 12 nitrogen and oxygen atoms in total. The van der Waals surface area contributed by atoms with Gasteiger partial charge < -0.3 is 37.1 Å². The van der Waals surface area contributed by atoms with Crippen LogP contribution in [-0.2, 0) is 30.5 Å². The minimum absolute atomic E-state index is 0.0711.